The summed E-state index contributed by atoms with van der Waals surface area (Å²) in [4.78, 5) is 27.8. The molecule has 1 atom stereocenters. The van der Waals surface area contributed by atoms with Gasteiger partial charge < -0.3 is 10.2 Å². The van der Waals surface area contributed by atoms with Gasteiger partial charge in [0, 0.05) is 18.1 Å². The molecule has 1 N–H and O–H groups in total. The Morgan fingerprint density at radius 2 is 1.58 bits per heavy atom. The van der Waals surface area contributed by atoms with Gasteiger partial charge in [-0.1, -0.05) is 48.4 Å². The Morgan fingerprint density at radius 3 is 2.16 bits per heavy atom. The smallest absolute Gasteiger partial charge is 0.264 e. The minimum absolute atomic E-state index is 0.0645. The van der Waals surface area contributed by atoms with Gasteiger partial charge in [0.1, 0.15) is 18.4 Å². The number of hydrogen-bond acceptors (Lipinski definition) is 4. The third kappa shape index (κ3) is 7.33. The molecule has 0 radical (unpaired) electrons. The predicted octanol–water partition coefficient (Wildman–Crippen LogP) is 4.93. The lowest BCUT2D eigenvalue weighted by molar-refractivity contribution is -0.139. The molecule has 0 aliphatic heterocycles. The molecule has 0 saturated heterocycles. The Hall–Kier alpha value is -3.43. The molecule has 0 fully saturated rings. The number of carbonyl (C=O) groups is 2. The summed E-state index contributed by atoms with van der Waals surface area (Å²) < 4.78 is 41.8. The molecule has 3 aromatic rings. The van der Waals surface area contributed by atoms with Gasteiger partial charge in [-0.25, -0.2) is 12.8 Å². The van der Waals surface area contributed by atoms with Crippen LogP contribution in [0.3, 0.4) is 0 Å². The lowest BCUT2D eigenvalue weighted by Gasteiger charge is -2.32. The van der Waals surface area contributed by atoms with Crippen molar-refractivity contribution in [3.05, 3.63) is 94.8 Å². The van der Waals surface area contributed by atoms with E-state index in [-0.39, 0.29) is 23.0 Å². The van der Waals surface area contributed by atoms with Crippen molar-refractivity contribution < 1.29 is 22.4 Å². The zero-order valence-electron chi connectivity index (χ0n) is 21.5. The van der Waals surface area contributed by atoms with E-state index in [0.717, 1.165) is 46.1 Å². The summed E-state index contributed by atoms with van der Waals surface area (Å²) in [5.41, 5.74) is 1.90. The second-order valence-corrected chi connectivity index (χ2v) is 11.2. The SMILES string of the molecule is CCCNC(=O)[C@H](C)N(Cc1ccc(Cl)cc1)C(=O)CN(c1ccc(C)cc1)S(=O)(=O)c1ccc(F)cc1. The maximum Gasteiger partial charge on any atom is 0.264 e. The van der Waals surface area contributed by atoms with E-state index in [1.54, 1.807) is 55.5 Å². The van der Waals surface area contributed by atoms with E-state index in [0.29, 0.717) is 11.6 Å². The monoisotopic (exact) mass is 559 g/mol. The number of anilines is 1. The Morgan fingerprint density at radius 1 is 0.974 bits per heavy atom. The number of amides is 2. The molecule has 3 aromatic carbocycles. The van der Waals surface area contributed by atoms with Crippen molar-refractivity contribution in [2.75, 3.05) is 17.4 Å². The highest BCUT2D eigenvalue weighted by Gasteiger charge is 2.32. The summed E-state index contributed by atoms with van der Waals surface area (Å²) in [7, 11) is -4.25. The van der Waals surface area contributed by atoms with Crippen LogP contribution in [0.15, 0.2) is 77.7 Å². The molecule has 10 heteroatoms. The van der Waals surface area contributed by atoms with E-state index in [4.69, 9.17) is 11.6 Å². The van der Waals surface area contributed by atoms with Gasteiger partial charge >= 0.3 is 0 Å². The summed E-state index contributed by atoms with van der Waals surface area (Å²) in [6, 6.07) is 17.1. The van der Waals surface area contributed by atoms with Crippen LogP contribution in [0.2, 0.25) is 5.02 Å². The van der Waals surface area contributed by atoms with Crippen LogP contribution >= 0.6 is 11.6 Å². The second kappa shape index (κ2) is 12.9. The summed E-state index contributed by atoms with van der Waals surface area (Å²) in [5.74, 6) is -1.51. The highest BCUT2D eigenvalue weighted by atomic mass is 35.5. The Kier molecular flexibility index (Phi) is 9.88. The molecule has 0 saturated carbocycles. The minimum atomic E-state index is -4.25. The Balaban J connectivity index is 2.00. The van der Waals surface area contributed by atoms with E-state index in [2.05, 4.69) is 5.32 Å². The number of rotatable bonds is 11. The molecule has 0 heterocycles. The molecule has 3 rings (SSSR count). The Labute approximate surface area is 228 Å². The maximum absolute atomic E-state index is 13.8. The summed E-state index contributed by atoms with van der Waals surface area (Å²) in [6.07, 6.45) is 0.723. The molecule has 0 aliphatic carbocycles. The van der Waals surface area contributed by atoms with E-state index in [9.17, 15) is 22.4 Å². The third-order valence-electron chi connectivity index (χ3n) is 5.99. The number of nitrogens with one attached hydrogen (secondary N) is 1. The molecule has 7 nitrogen and oxygen atoms in total. The number of carbonyl (C=O) groups excluding carboxylic acids is 2. The number of benzene rings is 3. The summed E-state index contributed by atoms with van der Waals surface area (Å²) in [6.45, 7) is 5.32. The van der Waals surface area contributed by atoms with Crippen molar-refractivity contribution in [2.45, 2.75) is 44.7 Å². The van der Waals surface area contributed by atoms with Crippen LogP contribution in [-0.4, -0.2) is 44.3 Å². The van der Waals surface area contributed by atoms with Gasteiger partial charge in [-0.2, -0.15) is 0 Å². The maximum atomic E-state index is 13.8. The van der Waals surface area contributed by atoms with E-state index < -0.39 is 34.3 Å². The molecular weight excluding hydrogens is 529 g/mol. The van der Waals surface area contributed by atoms with Crippen molar-refractivity contribution >= 4 is 39.1 Å². The van der Waals surface area contributed by atoms with Crippen LogP contribution in [0.4, 0.5) is 10.1 Å². The van der Waals surface area contributed by atoms with Crippen molar-refractivity contribution in [2.24, 2.45) is 0 Å². The van der Waals surface area contributed by atoms with Crippen LogP contribution in [0.25, 0.3) is 0 Å². The number of aryl methyl sites for hydroxylation is 1. The fourth-order valence-electron chi connectivity index (χ4n) is 3.74. The second-order valence-electron chi connectivity index (χ2n) is 8.92. The quantitative estimate of drug-likeness (QED) is 0.361. The number of halogens is 2. The van der Waals surface area contributed by atoms with Gasteiger partial charge in [-0.15, -0.1) is 0 Å². The first-order valence-corrected chi connectivity index (χ1v) is 14.0. The van der Waals surface area contributed by atoms with E-state index in [1.165, 1.54) is 4.90 Å². The largest absolute Gasteiger partial charge is 0.354 e. The molecular formula is C28H31ClFN3O4S. The van der Waals surface area contributed by atoms with E-state index in [1.807, 2.05) is 13.8 Å². The molecule has 38 heavy (non-hydrogen) atoms. The first-order valence-electron chi connectivity index (χ1n) is 12.2. The van der Waals surface area contributed by atoms with Crippen LogP contribution in [0.1, 0.15) is 31.4 Å². The molecule has 0 aromatic heterocycles. The van der Waals surface area contributed by atoms with Gasteiger partial charge in [-0.05, 0) is 74.4 Å². The highest BCUT2D eigenvalue weighted by molar-refractivity contribution is 7.92. The van der Waals surface area contributed by atoms with Crippen LogP contribution in [0, 0.1) is 12.7 Å². The molecule has 0 bridgehead atoms. The summed E-state index contributed by atoms with van der Waals surface area (Å²) in [5, 5.41) is 3.32. The van der Waals surface area contributed by atoms with Gasteiger partial charge in [0.05, 0.1) is 10.6 Å². The lowest BCUT2D eigenvalue weighted by atomic mass is 10.1. The molecule has 2 amide bonds. The topological polar surface area (TPSA) is 86.8 Å². The van der Waals surface area contributed by atoms with Crippen LogP contribution in [0.5, 0.6) is 0 Å². The number of sulfonamides is 1. The highest BCUT2D eigenvalue weighted by Crippen LogP contribution is 2.25. The fraction of sp³-hybridized carbons (Fsp3) is 0.286. The first kappa shape index (κ1) is 29.1. The van der Waals surface area contributed by atoms with Crippen molar-refractivity contribution in [1.82, 2.24) is 10.2 Å². The summed E-state index contributed by atoms with van der Waals surface area (Å²) >= 11 is 6.01. The normalized spacial score (nSPS) is 12.0. The standard InChI is InChI=1S/C28H31ClFN3O4S/c1-4-17-31-28(35)21(3)32(18-22-7-9-23(29)10-8-22)27(34)19-33(25-13-5-20(2)6-14-25)38(36,37)26-15-11-24(30)12-16-26/h5-16,21H,4,17-19H2,1-3H3,(H,31,35)/t21-/m0/s1. The fourth-order valence-corrected chi connectivity index (χ4v) is 5.28. The van der Waals surface area contributed by atoms with Gasteiger partial charge in [0.15, 0.2) is 0 Å². The molecule has 202 valence electrons. The third-order valence-corrected chi connectivity index (χ3v) is 8.03. The average Bonchev–Trinajstić information content (AvgIpc) is 2.90. The predicted molar refractivity (Wildman–Crippen MR) is 147 cm³/mol. The van der Waals surface area contributed by atoms with Crippen LogP contribution in [-0.2, 0) is 26.2 Å². The average molecular weight is 560 g/mol. The van der Waals surface area contributed by atoms with Gasteiger partial charge in [0.2, 0.25) is 11.8 Å². The molecule has 0 aliphatic rings. The minimum Gasteiger partial charge on any atom is -0.354 e. The molecule has 0 spiro atoms. The number of nitrogens with zero attached hydrogens (tertiary/aromatic N) is 2. The van der Waals surface area contributed by atoms with Crippen molar-refractivity contribution in [3.63, 3.8) is 0 Å². The Bertz CT molecular complexity index is 1350. The zero-order chi connectivity index (χ0) is 27.9. The van der Waals surface area contributed by atoms with Crippen LogP contribution < -0.4 is 9.62 Å². The van der Waals surface area contributed by atoms with Crippen molar-refractivity contribution in [3.8, 4) is 0 Å². The lowest BCUT2D eigenvalue weighted by Crippen LogP contribution is -2.51. The van der Waals surface area contributed by atoms with Crippen molar-refractivity contribution in [1.29, 1.82) is 0 Å². The number of hydrogen-bond donors (Lipinski definition) is 1. The zero-order valence-corrected chi connectivity index (χ0v) is 23.1. The van der Waals surface area contributed by atoms with E-state index >= 15 is 0 Å². The van der Waals surface area contributed by atoms with Gasteiger partial charge in [0.25, 0.3) is 10.0 Å². The first-order chi connectivity index (χ1) is 18.0. The van der Waals surface area contributed by atoms with Gasteiger partial charge in [-0.3, -0.25) is 13.9 Å². The molecule has 0 unspecified atom stereocenters.